The number of aromatic nitrogens is 1. The summed E-state index contributed by atoms with van der Waals surface area (Å²) in [6.07, 6.45) is 5.37. The third-order valence-corrected chi connectivity index (χ3v) is 4.78. The molecule has 0 aliphatic carbocycles. The van der Waals surface area contributed by atoms with Crippen molar-refractivity contribution in [1.82, 2.24) is 4.98 Å². The van der Waals surface area contributed by atoms with Crippen LogP contribution in [0.25, 0.3) is 6.08 Å². The second-order valence-corrected chi connectivity index (χ2v) is 8.01. The zero-order valence-corrected chi connectivity index (χ0v) is 19.0. The number of esters is 1. The minimum atomic E-state index is -0.510. The number of hydrogen-bond donors (Lipinski definition) is 1. The third kappa shape index (κ3) is 8.33. The maximum Gasteiger partial charge on any atom is 0.331 e. The lowest BCUT2D eigenvalue weighted by atomic mass is 10.1. The Hall–Kier alpha value is -3.80. The molecule has 0 radical (unpaired) electrons. The molecule has 0 amide bonds. The highest BCUT2D eigenvalue weighted by molar-refractivity contribution is 5.87. The quantitative estimate of drug-likeness (QED) is 0.325. The molecule has 0 unspecified atom stereocenters. The van der Waals surface area contributed by atoms with E-state index in [9.17, 15) is 9.59 Å². The third-order valence-electron chi connectivity index (χ3n) is 4.78. The number of benzene rings is 2. The minimum absolute atomic E-state index is 0.0368. The first kappa shape index (κ1) is 23.9. The Morgan fingerprint density at radius 1 is 1.00 bits per heavy atom. The summed E-state index contributed by atoms with van der Waals surface area (Å²) in [5.74, 6) is 0.964. The van der Waals surface area contributed by atoms with Crippen LogP contribution < -0.4 is 14.9 Å². The highest BCUT2D eigenvalue weighted by atomic mass is 16.5. The molecule has 0 aliphatic rings. The molecular formula is C27H29NO5. The standard InChI is InChI=1S/C27H29NO5/c1-20(2)13-14-31-26-17-28-23(16-25(26)29)19-33-27(30)12-11-21-9-6-10-24(15-21)32-18-22-7-4-3-5-8-22/h3-12,15-17,20H,13-14,18-19H2,1-2H3,(H,28,29)/b12-11+. The summed E-state index contributed by atoms with van der Waals surface area (Å²) >= 11 is 0. The van der Waals surface area contributed by atoms with E-state index in [1.165, 1.54) is 18.3 Å². The molecule has 0 fully saturated rings. The van der Waals surface area contributed by atoms with Crippen molar-refractivity contribution in [2.24, 2.45) is 5.92 Å². The second kappa shape index (κ2) is 12.3. The number of H-pyrrole nitrogens is 1. The lowest BCUT2D eigenvalue weighted by Crippen LogP contribution is -2.12. The maximum absolute atomic E-state index is 12.1. The van der Waals surface area contributed by atoms with Gasteiger partial charge >= 0.3 is 5.97 Å². The Balaban J connectivity index is 1.48. The molecule has 0 spiro atoms. The summed E-state index contributed by atoms with van der Waals surface area (Å²) in [5, 5.41) is 0. The molecular weight excluding hydrogens is 418 g/mol. The summed E-state index contributed by atoms with van der Waals surface area (Å²) in [6, 6.07) is 18.7. The number of pyridine rings is 1. The van der Waals surface area contributed by atoms with Gasteiger partial charge in [0.05, 0.1) is 12.3 Å². The SMILES string of the molecule is CC(C)CCOc1c[nH]c(COC(=O)/C=C/c2cccc(OCc3ccccc3)c2)cc1=O. The van der Waals surface area contributed by atoms with Crippen molar-refractivity contribution in [3.63, 3.8) is 0 Å². The summed E-state index contributed by atoms with van der Waals surface area (Å²) in [4.78, 5) is 27.2. The van der Waals surface area contributed by atoms with Crippen molar-refractivity contribution >= 4 is 12.0 Å². The first-order chi connectivity index (χ1) is 16.0. The van der Waals surface area contributed by atoms with Crippen LogP contribution in [0.4, 0.5) is 0 Å². The molecule has 172 valence electrons. The van der Waals surface area contributed by atoms with Crippen LogP contribution in [0.5, 0.6) is 11.5 Å². The van der Waals surface area contributed by atoms with E-state index in [4.69, 9.17) is 14.2 Å². The van der Waals surface area contributed by atoms with Crippen LogP contribution in [0.3, 0.4) is 0 Å². The van der Waals surface area contributed by atoms with Gasteiger partial charge in [-0.3, -0.25) is 4.79 Å². The number of carbonyl (C=O) groups excluding carboxylic acids is 1. The van der Waals surface area contributed by atoms with E-state index in [0.29, 0.717) is 30.6 Å². The summed E-state index contributed by atoms with van der Waals surface area (Å²) in [6.45, 7) is 5.10. The van der Waals surface area contributed by atoms with Gasteiger partial charge in [-0.2, -0.15) is 0 Å². The summed E-state index contributed by atoms with van der Waals surface area (Å²) in [7, 11) is 0. The van der Waals surface area contributed by atoms with Crippen molar-refractivity contribution < 1.29 is 19.0 Å². The number of carbonyl (C=O) groups is 1. The van der Waals surface area contributed by atoms with Crippen molar-refractivity contribution in [3.8, 4) is 11.5 Å². The van der Waals surface area contributed by atoms with Crippen LogP contribution in [0.2, 0.25) is 0 Å². The largest absolute Gasteiger partial charge is 0.489 e. The molecule has 0 aliphatic heterocycles. The topological polar surface area (TPSA) is 77.6 Å². The number of ether oxygens (including phenoxy) is 3. The lowest BCUT2D eigenvalue weighted by Gasteiger charge is -2.08. The molecule has 6 nitrogen and oxygen atoms in total. The fourth-order valence-corrected chi connectivity index (χ4v) is 2.91. The number of hydrogen-bond acceptors (Lipinski definition) is 5. The van der Waals surface area contributed by atoms with Crippen molar-refractivity contribution in [2.75, 3.05) is 6.61 Å². The van der Waals surface area contributed by atoms with Gasteiger partial charge in [0, 0.05) is 18.3 Å². The highest BCUT2D eigenvalue weighted by Crippen LogP contribution is 2.16. The van der Waals surface area contributed by atoms with E-state index in [1.54, 1.807) is 6.08 Å². The van der Waals surface area contributed by atoms with Crippen LogP contribution in [0.15, 0.2) is 77.7 Å². The Morgan fingerprint density at radius 3 is 2.58 bits per heavy atom. The van der Waals surface area contributed by atoms with Gasteiger partial charge in [-0.25, -0.2) is 4.79 Å². The average molecular weight is 448 g/mol. The Kier molecular flexibility index (Phi) is 8.88. The van der Waals surface area contributed by atoms with Gasteiger partial charge in [0.15, 0.2) is 5.75 Å². The fraction of sp³-hybridized carbons (Fsp3) is 0.259. The van der Waals surface area contributed by atoms with Gasteiger partial charge in [0.2, 0.25) is 5.43 Å². The zero-order valence-electron chi connectivity index (χ0n) is 19.0. The molecule has 33 heavy (non-hydrogen) atoms. The van der Waals surface area contributed by atoms with Gasteiger partial charge in [-0.15, -0.1) is 0 Å². The predicted octanol–water partition coefficient (Wildman–Crippen LogP) is 5.14. The first-order valence-corrected chi connectivity index (χ1v) is 11.0. The van der Waals surface area contributed by atoms with Crippen LogP contribution in [0.1, 0.15) is 37.1 Å². The van der Waals surface area contributed by atoms with Crippen LogP contribution >= 0.6 is 0 Å². The zero-order chi connectivity index (χ0) is 23.5. The molecule has 3 aromatic rings. The monoisotopic (exact) mass is 447 g/mol. The highest BCUT2D eigenvalue weighted by Gasteiger charge is 2.06. The van der Waals surface area contributed by atoms with Crippen molar-refractivity contribution in [1.29, 1.82) is 0 Å². The minimum Gasteiger partial charge on any atom is -0.489 e. The van der Waals surface area contributed by atoms with E-state index in [-0.39, 0.29) is 17.8 Å². The summed E-state index contributed by atoms with van der Waals surface area (Å²) in [5.41, 5.74) is 2.14. The molecule has 0 saturated carbocycles. The van der Waals surface area contributed by atoms with E-state index < -0.39 is 5.97 Å². The molecule has 0 atom stereocenters. The van der Waals surface area contributed by atoms with E-state index in [1.807, 2.05) is 54.6 Å². The summed E-state index contributed by atoms with van der Waals surface area (Å²) < 4.78 is 16.5. The Bertz CT molecular complexity index is 1120. The van der Waals surface area contributed by atoms with E-state index in [0.717, 1.165) is 17.5 Å². The molecule has 0 bridgehead atoms. The van der Waals surface area contributed by atoms with Gasteiger partial charge in [0.25, 0.3) is 0 Å². The normalized spacial score (nSPS) is 11.0. The van der Waals surface area contributed by atoms with E-state index in [2.05, 4.69) is 18.8 Å². The number of rotatable bonds is 11. The van der Waals surface area contributed by atoms with E-state index >= 15 is 0 Å². The maximum atomic E-state index is 12.1. The van der Waals surface area contributed by atoms with Gasteiger partial charge in [0.1, 0.15) is 19.0 Å². The average Bonchev–Trinajstić information content (AvgIpc) is 2.82. The Morgan fingerprint density at radius 2 is 1.82 bits per heavy atom. The van der Waals surface area contributed by atoms with Crippen LogP contribution in [-0.2, 0) is 22.7 Å². The molecule has 6 heteroatoms. The molecule has 3 rings (SSSR count). The number of nitrogens with one attached hydrogen (secondary N) is 1. The fourth-order valence-electron chi connectivity index (χ4n) is 2.91. The van der Waals surface area contributed by atoms with Gasteiger partial charge < -0.3 is 19.2 Å². The Labute approximate surface area is 193 Å². The second-order valence-electron chi connectivity index (χ2n) is 8.01. The van der Waals surface area contributed by atoms with Gasteiger partial charge in [-0.05, 0) is 41.7 Å². The molecule has 1 heterocycles. The van der Waals surface area contributed by atoms with Crippen molar-refractivity contribution in [3.05, 3.63) is 100.0 Å². The smallest absolute Gasteiger partial charge is 0.331 e. The predicted molar refractivity (Wildman–Crippen MR) is 128 cm³/mol. The van der Waals surface area contributed by atoms with Crippen LogP contribution in [0, 0.1) is 5.92 Å². The number of aromatic amines is 1. The molecule has 0 saturated heterocycles. The molecule has 1 aromatic heterocycles. The molecule has 1 N–H and O–H groups in total. The first-order valence-electron chi connectivity index (χ1n) is 11.0. The van der Waals surface area contributed by atoms with Gasteiger partial charge in [-0.1, -0.05) is 56.3 Å². The van der Waals surface area contributed by atoms with Crippen LogP contribution in [-0.4, -0.2) is 17.6 Å². The lowest BCUT2D eigenvalue weighted by molar-refractivity contribution is -0.139. The molecule has 2 aromatic carbocycles. The van der Waals surface area contributed by atoms with Crippen molar-refractivity contribution in [2.45, 2.75) is 33.5 Å².